The first-order chi connectivity index (χ1) is 15.0. The Morgan fingerprint density at radius 1 is 0.968 bits per heavy atom. The van der Waals surface area contributed by atoms with E-state index in [2.05, 4.69) is 25.9 Å². The lowest BCUT2D eigenvalue weighted by Gasteiger charge is -2.07. The van der Waals surface area contributed by atoms with Gasteiger partial charge in [-0.05, 0) is 55.5 Å². The van der Waals surface area contributed by atoms with Gasteiger partial charge in [0.15, 0.2) is 0 Å². The van der Waals surface area contributed by atoms with E-state index >= 15 is 0 Å². The molecular formula is C22H23N7OS. The minimum atomic E-state index is -0.0688. The number of hydrogen-bond donors (Lipinski definition) is 1. The zero-order valence-electron chi connectivity index (χ0n) is 17.6. The van der Waals surface area contributed by atoms with Crippen molar-refractivity contribution in [2.24, 2.45) is 0 Å². The van der Waals surface area contributed by atoms with Crippen LogP contribution in [0.15, 0.2) is 59.8 Å². The van der Waals surface area contributed by atoms with Crippen LogP contribution in [-0.4, -0.2) is 41.6 Å². The van der Waals surface area contributed by atoms with Crippen LogP contribution in [0, 0.1) is 20.8 Å². The van der Waals surface area contributed by atoms with E-state index in [4.69, 9.17) is 0 Å². The van der Waals surface area contributed by atoms with E-state index < -0.39 is 0 Å². The zero-order valence-corrected chi connectivity index (χ0v) is 18.4. The fourth-order valence-corrected chi connectivity index (χ4v) is 4.03. The third kappa shape index (κ3) is 4.66. The number of hydrogen-bond acceptors (Lipinski definition) is 6. The number of aryl methyl sites for hydroxylation is 2. The molecule has 4 aromatic rings. The molecule has 0 radical (unpaired) electrons. The molecule has 8 nitrogen and oxygen atoms in total. The highest BCUT2D eigenvalue weighted by molar-refractivity contribution is 7.99. The van der Waals surface area contributed by atoms with Crippen LogP contribution in [0.1, 0.15) is 23.4 Å². The summed E-state index contributed by atoms with van der Waals surface area (Å²) in [5, 5.41) is 20.1. The summed E-state index contributed by atoms with van der Waals surface area (Å²) in [6.45, 7) is 5.88. The first-order valence-corrected chi connectivity index (χ1v) is 10.9. The summed E-state index contributed by atoms with van der Waals surface area (Å²) in [5.74, 6) is 0.490. The smallest absolute Gasteiger partial charge is 0.225 e. The molecule has 31 heavy (non-hydrogen) atoms. The second kappa shape index (κ2) is 9.13. The molecule has 158 valence electrons. The van der Waals surface area contributed by atoms with Crippen LogP contribution in [-0.2, 0) is 4.79 Å². The predicted octanol–water partition coefficient (Wildman–Crippen LogP) is 3.89. The number of rotatable bonds is 7. The van der Waals surface area contributed by atoms with E-state index in [9.17, 15) is 4.79 Å². The number of benzene rings is 2. The van der Waals surface area contributed by atoms with Crippen molar-refractivity contribution >= 4 is 23.4 Å². The van der Waals surface area contributed by atoms with Gasteiger partial charge in [-0.1, -0.05) is 47.7 Å². The zero-order chi connectivity index (χ0) is 21.8. The Balaban J connectivity index is 1.38. The minimum Gasteiger partial charge on any atom is -0.323 e. The van der Waals surface area contributed by atoms with E-state index in [0.717, 1.165) is 28.5 Å². The van der Waals surface area contributed by atoms with Crippen molar-refractivity contribution in [3.63, 3.8) is 0 Å². The number of tetrazole rings is 1. The van der Waals surface area contributed by atoms with Crippen molar-refractivity contribution in [1.82, 2.24) is 30.0 Å². The molecule has 0 aliphatic heterocycles. The summed E-state index contributed by atoms with van der Waals surface area (Å²) in [7, 11) is 0. The van der Waals surface area contributed by atoms with Crippen LogP contribution < -0.4 is 5.32 Å². The van der Waals surface area contributed by atoms with Crippen molar-refractivity contribution in [1.29, 1.82) is 0 Å². The van der Waals surface area contributed by atoms with Gasteiger partial charge in [0.2, 0.25) is 11.1 Å². The molecule has 2 aromatic carbocycles. The largest absolute Gasteiger partial charge is 0.323 e. The topological polar surface area (TPSA) is 90.5 Å². The average molecular weight is 434 g/mol. The summed E-state index contributed by atoms with van der Waals surface area (Å²) >= 11 is 1.45. The monoisotopic (exact) mass is 433 g/mol. The summed E-state index contributed by atoms with van der Waals surface area (Å²) in [6.07, 6.45) is 0.334. The van der Waals surface area contributed by atoms with Gasteiger partial charge < -0.3 is 5.32 Å². The number of aromatic nitrogens is 6. The fraction of sp³-hybridized carbons (Fsp3) is 0.227. The van der Waals surface area contributed by atoms with Crippen LogP contribution in [0.25, 0.3) is 11.4 Å². The first-order valence-electron chi connectivity index (χ1n) is 9.92. The molecule has 0 saturated heterocycles. The van der Waals surface area contributed by atoms with E-state index in [1.807, 2.05) is 80.1 Å². The number of carbonyl (C=O) groups excluding carboxylic acids is 1. The van der Waals surface area contributed by atoms with Gasteiger partial charge in [0, 0.05) is 12.2 Å². The van der Waals surface area contributed by atoms with Crippen molar-refractivity contribution in [2.75, 3.05) is 11.1 Å². The highest BCUT2D eigenvalue weighted by Crippen LogP contribution is 2.24. The molecule has 9 heteroatoms. The lowest BCUT2D eigenvalue weighted by Crippen LogP contribution is -2.13. The highest BCUT2D eigenvalue weighted by atomic mass is 32.2. The first kappa shape index (κ1) is 20.8. The Hall–Kier alpha value is -3.46. The molecule has 1 amide bonds. The summed E-state index contributed by atoms with van der Waals surface area (Å²) in [6, 6.07) is 17.8. The number of nitrogens with one attached hydrogen (secondary N) is 1. The van der Waals surface area contributed by atoms with Crippen LogP contribution in [0.4, 0.5) is 5.69 Å². The Labute approximate surface area is 184 Å². The Morgan fingerprint density at radius 3 is 2.42 bits per heavy atom. The molecule has 0 fully saturated rings. The van der Waals surface area contributed by atoms with Crippen molar-refractivity contribution in [3.05, 3.63) is 71.5 Å². The number of anilines is 1. The molecule has 0 saturated carbocycles. The van der Waals surface area contributed by atoms with Crippen LogP contribution in [0.2, 0.25) is 0 Å². The summed E-state index contributed by atoms with van der Waals surface area (Å²) < 4.78 is 3.52. The van der Waals surface area contributed by atoms with Crippen molar-refractivity contribution in [3.8, 4) is 11.4 Å². The normalized spacial score (nSPS) is 10.9. The van der Waals surface area contributed by atoms with Gasteiger partial charge in [-0.25, -0.2) is 4.68 Å². The molecule has 0 bridgehead atoms. The van der Waals surface area contributed by atoms with E-state index in [-0.39, 0.29) is 5.91 Å². The van der Waals surface area contributed by atoms with Gasteiger partial charge in [-0.3, -0.25) is 4.79 Å². The molecule has 4 rings (SSSR count). The summed E-state index contributed by atoms with van der Waals surface area (Å²) in [5.41, 5.74) is 5.45. The Morgan fingerprint density at radius 2 is 1.68 bits per heavy atom. The molecule has 2 aromatic heterocycles. The number of amides is 1. The lowest BCUT2D eigenvalue weighted by atomic mass is 10.2. The third-order valence-electron chi connectivity index (χ3n) is 4.84. The molecule has 0 aliphatic rings. The number of thioether (sulfide) groups is 1. The highest BCUT2D eigenvalue weighted by Gasteiger charge is 2.16. The van der Waals surface area contributed by atoms with Gasteiger partial charge in [-0.2, -0.15) is 9.78 Å². The molecular weight excluding hydrogens is 410 g/mol. The van der Waals surface area contributed by atoms with Gasteiger partial charge in [0.1, 0.15) is 0 Å². The van der Waals surface area contributed by atoms with Gasteiger partial charge in [-0.15, -0.1) is 5.10 Å². The maximum absolute atomic E-state index is 12.6. The second-order valence-electron chi connectivity index (χ2n) is 7.15. The molecule has 1 N–H and O–H groups in total. The molecule has 2 heterocycles. The average Bonchev–Trinajstić information content (AvgIpc) is 3.35. The van der Waals surface area contributed by atoms with Crippen LogP contribution in [0.3, 0.4) is 0 Å². The Kier molecular flexibility index (Phi) is 6.13. The van der Waals surface area contributed by atoms with Crippen LogP contribution in [0.5, 0.6) is 0 Å². The van der Waals surface area contributed by atoms with E-state index in [0.29, 0.717) is 17.3 Å². The quantitative estimate of drug-likeness (QED) is 0.445. The second-order valence-corrected chi connectivity index (χ2v) is 8.21. The van der Waals surface area contributed by atoms with Crippen LogP contribution >= 0.6 is 11.8 Å². The van der Waals surface area contributed by atoms with E-state index in [1.54, 1.807) is 4.68 Å². The summed E-state index contributed by atoms with van der Waals surface area (Å²) in [4.78, 5) is 12.6. The predicted molar refractivity (Wildman–Crippen MR) is 121 cm³/mol. The molecule has 0 unspecified atom stereocenters. The van der Waals surface area contributed by atoms with Crippen molar-refractivity contribution < 1.29 is 4.79 Å². The van der Waals surface area contributed by atoms with Gasteiger partial charge >= 0.3 is 0 Å². The Bertz CT molecular complexity index is 1180. The van der Waals surface area contributed by atoms with E-state index in [1.165, 1.54) is 17.3 Å². The third-order valence-corrected chi connectivity index (χ3v) is 5.76. The standard InChI is InChI=1S/C22H23N7OS/c1-15-9-11-19(12-10-15)29-22(24-26-27-29)31-14-13-20(30)23-21-16(2)25-28(17(21)3)18-7-5-4-6-8-18/h4-12H,13-14H2,1-3H3,(H,23,30). The maximum Gasteiger partial charge on any atom is 0.225 e. The minimum absolute atomic E-state index is 0.0688. The molecule has 0 atom stereocenters. The molecule has 0 aliphatic carbocycles. The SMILES string of the molecule is Cc1ccc(-n2nnnc2SCCC(=O)Nc2c(C)nn(-c3ccccc3)c2C)cc1. The number of carbonyl (C=O) groups is 1. The fourth-order valence-electron chi connectivity index (χ4n) is 3.20. The van der Waals surface area contributed by atoms with Gasteiger partial charge in [0.05, 0.1) is 28.5 Å². The van der Waals surface area contributed by atoms with Crippen molar-refractivity contribution in [2.45, 2.75) is 32.3 Å². The van der Waals surface area contributed by atoms with Gasteiger partial charge in [0.25, 0.3) is 0 Å². The maximum atomic E-state index is 12.6. The molecule has 0 spiro atoms. The number of para-hydroxylation sites is 1. The number of nitrogens with zero attached hydrogens (tertiary/aromatic N) is 6. The lowest BCUT2D eigenvalue weighted by molar-refractivity contribution is -0.115.